The molecule has 1 heterocycles. The van der Waals surface area contributed by atoms with Crippen LogP contribution >= 0.6 is 0 Å². The van der Waals surface area contributed by atoms with Crippen molar-refractivity contribution < 1.29 is 13.2 Å². The molecule has 0 spiro atoms. The summed E-state index contributed by atoms with van der Waals surface area (Å²) in [5.74, 6) is -0.261. The van der Waals surface area contributed by atoms with Crippen molar-refractivity contribution >= 4 is 21.6 Å². The molecular weight excluding hydrogens is 324 g/mol. The summed E-state index contributed by atoms with van der Waals surface area (Å²) in [6, 6.07) is 12.7. The molecule has 2 aromatic rings. The fourth-order valence-corrected chi connectivity index (χ4v) is 4.48. The van der Waals surface area contributed by atoms with Crippen molar-refractivity contribution in [1.82, 2.24) is 4.90 Å². The summed E-state index contributed by atoms with van der Waals surface area (Å²) in [6.07, 6.45) is 0.860. The molecule has 3 rings (SSSR count). The minimum Gasteiger partial charge on any atom is -0.347 e. The summed E-state index contributed by atoms with van der Waals surface area (Å²) >= 11 is 0. The van der Waals surface area contributed by atoms with E-state index in [0.29, 0.717) is 11.3 Å². The number of anilines is 1. The first kappa shape index (κ1) is 16.5. The lowest BCUT2D eigenvalue weighted by Crippen LogP contribution is -2.42. The van der Waals surface area contributed by atoms with E-state index in [1.807, 2.05) is 24.3 Å². The summed E-state index contributed by atoms with van der Waals surface area (Å²) in [5.41, 5.74) is 3.23. The number of rotatable bonds is 3. The van der Waals surface area contributed by atoms with Gasteiger partial charge in [0.05, 0.1) is 10.6 Å². The van der Waals surface area contributed by atoms with E-state index in [9.17, 15) is 13.2 Å². The predicted molar refractivity (Wildman–Crippen MR) is 94.5 cm³/mol. The first-order chi connectivity index (χ1) is 11.4. The molecule has 0 fully saturated rings. The lowest BCUT2D eigenvalue weighted by Gasteiger charge is -2.32. The van der Waals surface area contributed by atoms with Gasteiger partial charge in [0.15, 0.2) is 0 Å². The molecule has 24 heavy (non-hydrogen) atoms. The highest BCUT2D eigenvalue weighted by Crippen LogP contribution is 2.43. The Labute approximate surface area is 142 Å². The van der Waals surface area contributed by atoms with Gasteiger partial charge in [0, 0.05) is 25.2 Å². The summed E-state index contributed by atoms with van der Waals surface area (Å²) < 4.78 is 27.3. The topological polar surface area (TPSA) is 57.7 Å². The average Bonchev–Trinajstić information content (AvgIpc) is 2.58. The van der Waals surface area contributed by atoms with Crippen LogP contribution in [0.25, 0.3) is 11.1 Å². The van der Waals surface area contributed by atoms with E-state index in [0.717, 1.165) is 17.5 Å². The van der Waals surface area contributed by atoms with Crippen LogP contribution in [0.3, 0.4) is 0 Å². The Morgan fingerprint density at radius 1 is 1.08 bits per heavy atom. The molecular formula is C18H20N2O3S. The van der Waals surface area contributed by atoms with Crippen molar-refractivity contribution in [3.05, 3.63) is 48.0 Å². The number of carbonyl (C=O) groups excluding carboxylic acids is 1. The van der Waals surface area contributed by atoms with E-state index in [1.54, 1.807) is 32.3 Å². The standard InChI is InChI=1S/C18H20N2O3S/c1-4-13-9-10-16-15(11-13)14-7-5-6-8-17(14)24(22,23)20(16)12-18(21)19(2)3/h5-11H,4,12H2,1-3H3. The monoisotopic (exact) mass is 344 g/mol. The maximum Gasteiger partial charge on any atom is 0.265 e. The first-order valence-corrected chi connectivity index (χ1v) is 9.25. The molecule has 0 atom stereocenters. The molecule has 0 saturated heterocycles. The molecule has 6 heteroatoms. The van der Waals surface area contributed by atoms with E-state index < -0.39 is 10.0 Å². The quantitative estimate of drug-likeness (QED) is 0.860. The molecule has 0 unspecified atom stereocenters. The third-order valence-electron chi connectivity index (χ3n) is 4.26. The van der Waals surface area contributed by atoms with Crippen LogP contribution in [0.5, 0.6) is 0 Å². The van der Waals surface area contributed by atoms with E-state index in [4.69, 9.17) is 0 Å². The molecule has 0 bridgehead atoms. The van der Waals surface area contributed by atoms with E-state index >= 15 is 0 Å². The summed E-state index contributed by atoms with van der Waals surface area (Å²) in [4.78, 5) is 13.8. The number of nitrogens with zero attached hydrogens (tertiary/aromatic N) is 2. The van der Waals surface area contributed by atoms with Crippen LogP contribution < -0.4 is 4.31 Å². The normalized spacial score (nSPS) is 14.7. The van der Waals surface area contributed by atoms with Gasteiger partial charge in [0.1, 0.15) is 6.54 Å². The molecule has 0 saturated carbocycles. The second-order valence-electron chi connectivity index (χ2n) is 6.00. The van der Waals surface area contributed by atoms with Crippen molar-refractivity contribution in [2.45, 2.75) is 18.2 Å². The molecule has 0 radical (unpaired) electrons. The lowest BCUT2D eigenvalue weighted by molar-refractivity contribution is -0.127. The second kappa shape index (κ2) is 5.94. The number of hydrogen-bond donors (Lipinski definition) is 0. The molecule has 0 aromatic heterocycles. The zero-order chi connectivity index (χ0) is 17.5. The van der Waals surface area contributed by atoms with Crippen LogP contribution in [-0.4, -0.2) is 39.9 Å². The Morgan fingerprint density at radius 3 is 2.46 bits per heavy atom. The highest BCUT2D eigenvalue weighted by molar-refractivity contribution is 7.93. The number of hydrogen-bond acceptors (Lipinski definition) is 3. The van der Waals surface area contributed by atoms with Crippen LogP contribution in [-0.2, 0) is 21.2 Å². The van der Waals surface area contributed by atoms with Crippen LogP contribution in [0, 0.1) is 0 Å². The fourth-order valence-electron chi connectivity index (χ4n) is 2.83. The molecule has 1 amide bonds. The molecule has 0 aliphatic carbocycles. The molecule has 1 aliphatic rings. The van der Waals surface area contributed by atoms with Crippen molar-refractivity contribution in [3.8, 4) is 11.1 Å². The van der Waals surface area contributed by atoms with Gasteiger partial charge < -0.3 is 4.90 Å². The number of aryl methyl sites for hydroxylation is 1. The number of carbonyl (C=O) groups is 1. The number of sulfonamides is 1. The number of likely N-dealkylation sites (N-methyl/N-ethyl adjacent to an activating group) is 1. The van der Waals surface area contributed by atoms with Gasteiger partial charge in [0.25, 0.3) is 10.0 Å². The highest BCUT2D eigenvalue weighted by Gasteiger charge is 2.36. The Bertz CT molecular complexity index is 904. The van der Waals surface area contributed by atoms with Crippen molar-refractivity contribution in [2.75, 3.05) is 24.9 Å². The third-order valence-corrected chi connectivity index (χ3v) is 6.08. The van der Waals surface area contributed by atoms with E-state index in [1.165, 1.54) is 9.21 Å². The number of benzene rings is 2. The Balaban J connectivity index is 2.24. The van der Waals surface area contributed by atoms with Gasteiger partial charge in [0.2, 0.25) is 5.91 Å². The minimum absolute atomic E-state index is 0.206. The second-order valence-corrected chi connectivity index (χ2v) is 7.83. The average molecular weight is 344 g/mol. The summed E-state index contributed by atoms with van der Waals surface area (Å²) in [7, 11) is -0.521. The summed E-state index contributed by atoms with van der Waals surface area (Å²) in [5, 5.41) is 0. The summed E-state index contributed by atoms with van der Waals surface area (Å²) in [6.45, 7) is 1.85. The number of amides is 1. The maximum atomic E-state index is 13.0. The Kier molecular flexibility index (Phi) is 4.09. The van der Waals surface area contributed by atoms with E-state index in [-0.39, 0.29) is 17.3 Å². The van der Waals surface area contributed by atoms with Gasteiger partial charge in [-0.25, -0.2) is 8.42 Å². The van der Waals surface area contributed by atoms with Gasteiger partial charge in [-0.3, -0.25) is 9.10 Å². The lowest BCUT2D eigenvalue weighted by atomic mass is 9.99. The van der Waals surface area contributed by atoms with Gasteiger partial charge in [-0.1, -0.05) is 31.2 Å². The fraction of sp³-hybridized carbons (Fsp3) is 0.278. The molecule has 126 valence electrons. The highest BCUT2D eigenvalue weighted by atomic mass is 32.2. The minimum atomic E-state index is -3.76. The zero-order valence-corrected chi connectivity index (χ0v) is 14.8. The smallest absolute Gasteiger partial charge is 0.265 e. The van der Waals surface area contributed by atoms with E-state index in [2.05, 4.69) is 6.92 Å². The zero-order valence-electron chi connectivity index (χ0n) is 14.0. The molecule has 5 nitrogen and oxygen atoms in total. The molecule has 2 aromatic carbocycles. The first-order valence-electron chi connectivity index (χ1n) is 7.81. The third kappa shape index (κ3) is 2.57. The maximum absolute atomic E-state index is 13.0. The van der Waals surface area contributed by atoms with Crippen LogP contribution in [0.15, 0.2) is 47.4 Å². The molecule has 1 aliphatic heterocycles. The Morgan fingerprint density at radius 2 is 1.79 bits per heavy atom. The van der Waals surface area contributed by atoms with Gasteiger partial charge in [-0.15, -0.1) is 0 Å². The Hall–Kier alpha value is -2.34. The van der Waals surface area contributed by atoms with Gasteiger partial charge in [-0.2, -0.15) is 0 Å². The predicted octanol–water partition coefficient (Wildman–Crippen LogP) is 2.51. The largest absolute Gasteiger partial charge is 0.347 e. The van der Waals surface area contributed by atoms with Crippen LogP contribution in [0.1, 0.15) is 12.5 Å². The van der Waals surface area contributed by atoms with Crippen molar-refractivity contribution in [3.63, 3.8) is 0 Å². The SMILES string of the molecule is CCc1ccc2c(c1)-c1ccccc1S(=O)(=O)N2CC(=O)N(C)C. The van der Waals surface area contributed by atoms with Crippen LogP contribution in [0.2, 0.25) is 0 Å². The van der Waals surface area contributed by atoms with Crippen molar-refractivity contribution in [2.24, 2.45) is 0 Å². The van der Waals surface area contributed by atoms with Crippen molar-refractivity contribution in [1.29, 1.82) is 0 Å². The van der Waals surface area contributed by atoms with Crippen LogP contribution in [0.4, 0.5) is 5.69 Å². The van der Waals surface area contributed by atoms with Gasteiger partial charge >= 0.3 is 0 Å². The molecule has 0 N–H and O–H groups in total. The number of fused-ring (bicyclic) bond motifs is 3. The van der Waals surface area contributed by atoms with Gasteiger partial charge in [-0.05, 0) is 30.2 Å².